The van der Waals surface area contributed by atoms with Crippen LogP contribution in [0, 0.1) is 0 Å². The van der Waals surface area contributed by atoms with Crippen LogP contribution in [0.4, 0.5) is 0 Å². The van der Waals surface area contributed by atoms with E-state index < -0.39 is 22.1 Å². The minimum atomic E-state index is -3.75. The molecule has 1 atom stereocenters. The van der Waals surface area contributed by atoms with E-state index in [1.54, 1.807) is 38.2 Å². The highest BCUT2D eigenvalue weighted by molar-refractivity contribution is 7.89. The summed E-state index contributed by atoms with van der Waals surface area (Å²) in [5.41, 5.74) is 1.26. The first-order valence-electron chi connectivity index (χ1n) is 9.85. The third-order valence-corrected chi connectivity index (χ3v) is 7.16. The van der Waals surface area contributed by atoms with E-state index in [2.05, 4.69) is 4.98 Å². The highest BCUT2D eigenvalue weighted by Gasteiger charge is 2.26. The molecule has 0 aliphatic carbocycles. The molecule has 1 aromatic heterocycles. The molecule has 0 aliphatic heterocycles. The molecule has 1 unspecified atom stereocenters. The predicted molar refractivity (Wildman–Crippen MR) is 119 cm³/mol. The lowest BCUT2D eigenvalue weighted by Gasteiger charge is -2.20. The Morgan fingerprint density at radius 2 is 1.71 bits per heavy atom. The second-order valence-corrected chi connectivity index (χ2v) is 9.03. The summed E-state index contributed by atoms with van der Waals surface area (Å²) in [6.45, 7) is 4.14. The van der Waals surface area contributed by atoms with Gasteiger partial charge in [0.1, 0.15) is 0 Å². The van der Waals surface area contributed by atoms with Gasteiger partial charge in [0.05, 0.1) is 21.2 Å². The van der Waals surface area contributed by atoms with Gasteiger partial charge in [0, 0.05) is 19.3 Å². The summed E-state index contributed by atoms with van der Waals surface area (Å²) < 4.78 is 32.8. The number of aromatic nitrogens is 1. The number of carbonyl (C=O) groups excluding carboxylic acids is 1. The van der Waals surface area contributed by atoms with E-state index in [9.17, 15) is 13.2 Å². The van der Waals surface area contributed by atoms with Crippen molar-refractivity contribution in [1.29, 1.82) is 0 Å². The van der Waals surface area contributed by atoms with Crippen LogP contribution in [0.5, 0.6) is 0 Å². The number of rotatable bonds is 8. The van der Waals surface area contributed by atoms with Crippen molar-refractivity contribution in [2.75, 3.05) is 13.1 Å². The molecule has 0 aliphatic rings. The average molecular weight is 459 g/mol. The standard InChI is InChI=1S/C23H23ClN2O4S/c1-3-26(4-2)31(28,29)18-13-14-20(24)19(16-18)23(27)30-22(17-10-6-5-7-11-17)21-12-8-9-15-25-21/h5-16,22H,3-4H2,1-2H3. The summed E-state index contributed by atoms with van der Waals surface area (Å²) >= 11 is 6.24. The van der Waals surface area contributed by atoms with Crippen LogP contribution in [0.2, 0.25) is 5.02 Å². The molecule has 0 saturated heterocycles. The maximum atomic E-state index is 13.1. The van der Waals surface area contributed by atoms with Crippen LogP contribution < -0.4 is 0 Å². The van der Waals surface area contributed by atoms with Gasteiger partial charge in [-0.1, -0.05) is 61.8 Å². The van der Waals surface area contributed by atoms with Crippen LogP contribution in [0.15, 0.2) is 77.8 Å². The number of benzene rings is 2. The number of hydrogen-bond donors (Lipinski definition) is 0. The lowest BCUT2D eigenvalue weighted by Crippen LogP contribution is -2.30. The van der Waals surface area contributed by atoms with Crippen molar-refractivity contribution >= 4 is 27.6 Å². The molecular weight excluding hydrogens is 436 g/mol. The second kappa shape index (κ2) is 10.0. The third kappa shape index (κ3) is 5.12. The fourth-order valence-electron chi connectivity index (χ4n) is 3.16. The van der Waals surface area contributed by atoms with Crippen molar-refractivity contribution in [3.63, 3.8) is 0 Å². The van der Waals surface area contributed by atoms with Crippen LogP contribution in [-0.4, -0.2) is 36.8 Å². The second-order valence-electron chi connectivity index (χ2n) is 6.68. The van der Waals surface area contributed by atoms with E-state index in [1.165, 1.54) is 22.5 Å². The van der Waals surface area contributed by atoms with Gasteiger partial charge in [-0.25, -0.2) is 13.2 Å². The van der Waals surface area contributed by atoms with Crippen molar-refractivity contribution in [1.82, 2.24) is 9.29 Å². The molecule has 0 radical (unpaired) electrons. The van der Waals surface area contributed by atoms with Crippen molar-refractivity contribution in [3.05, 3.63) is 94.8 Å². The van der Waals surface area contributed by atoms with E-state index in [0.717, 1.165) is 5.56 Å². The van der Waals surface area contributed by atoms with E-state index >= 15 is 0 Å². The molecule has 31 heavy (non-hydrogen) atoms. The molecule has 8 heteroatoms. The lowest BCUT2D eigenvalue weighted by atomic mass is 10.1. The Hall–Kier alpha value is -2.74. The predicted octanol–water partition coefficient (Wildman–Crippen LogP) is 4.71. The third-order valence-electron chi connectivity index (χ3n) is 4.78. The Labute approximate surface area is 187 Å². The van der Waals surface area contributed by atoms with Crippen LogP contribution in [0.1, 0.15) is 41.6 Å². The van der Waals surface area contributed by atoms with Gasteiger partial charge in [-0.05, 0) is 35.9 Å². The van der Waals surface area contributed by atoms with Gasteiger partial charge in [0.25, 0.3) is 0 Å². The zero-order valence-corrected chi connectivity index (χ0v) is 18.8. The quantitative estimate of drug-likeness (QED) is 0.457. The highest BCUT2D eigenvalue weighted by atomic mass is 35.5. The highest BCUT2D eigenvalue weighted by Crippen LogP contribution is 2.29. The first-order chi connectivity index (χ1) is 14.9. The molecular formula is C23H23ClN2O4S. The Morgan fingerprint density at radius 1 is 1.03 bits per heavy atom. The zero-order valence-electron chi connectivity index (χ0n) is 17.2. The summed E-state index contributed by atoms with van der Waals surface area (Å²) in [5.74, 6) is -0.735. The van der Waals surface area contributed by atoms with Crippen molar-refractivity contribution < 1.29 is 17.9 Å². The molecule has 0 bridgehead atoms. The fourth-order valence-corrected chi connectivity index (χ4v) is 4.84. The monoisotopic (exact) mass is 458 g/mol. The van der Waals surface area contributed by atoms with Gasteiger partial charge in [-0.3, -0.25) is 4.98 Å². The first-order valence-corrected chi connectivity index (χ1v) is 11.7. The molecule has 0 fully saturated rings. The average Bonchev–Trinajstić information content (AvgIpc) is 2.79. The summed E-state index contributed by atoms with van der Waals surface area (Å²) in [6, 6.07) is 18.6. The van der Waals surface area contributed by atoms with Gasteiger partial charge in [0.2, 0.25) is 10.0 Å². The van der Waals surface area contributed by atoms with Crippen LogP contribution in [-0.2, 0) is 14.8 Å². The van der Waals surface area contributed by atoms with Gasteiger partial charge >= 0.3 is 5.97 Å². The molecule has 0 N–H and O–H groups in total. The summed E-state index contributed by atoms with van der Waals surface area (Å²) in [5, 5.41) is 0.108. The maximum absolute atomic E-state index is 13.1. The molecule has 0 amide bonds. The number of esters is 1. The normalized spacial score (nSPS) is 12.5. The summed E-state index contributed by atoms with van der Waals surface area (Å²) in [4.78, 5) is 17.4. The molecule has 3 aromatic rings. The van der Waals surface area contributed by atoms with Gasteiger partial charge in [0.15, 0.2) is 6.10 Å². The maximum Gasteiger partial charge on any atom is 0.340 e. The zero-order chi connectivity index (χ0) is 22.4. The smallest absolute Gasteiger partial charge is 0.340 e. The molecule has 0 spiro atoms. The Balaban J connectivity index is 1.98. The van der Waals surface area contributed by atoms with Crippen LogP contribution >= 0.6 is 11.6 Å². The van der Waals surface area contributed by atoms with E-state index in [-0.39, 0.29) is 15.5 Å². The largest absolute Gasteiger partial charge is 0.447 e. The fraction of sp³-hybridized carbons (Fsp3) is 0.217. The van der Waals surface area contributed by atoms with E-state index in [1.807, 2.05) is 30.3 Å². The SMILES string of the molecule is CCN(CC)S(=O)(=O)c1ccc(Cl)c(C(=O)OC(c2ccccc2)c2ccccn2)c1. The Kier molecular flexibility index (Phi) is 7.43. The number of halogens is 1. The molecule has 3 rings (SSSR count). The number of sulfonamides is 1. The number of pyridine rings is 1. The van der Waals surface area contributed by atoms with Crippen LogP contribution in [0.3, 0.4) is 0 Å². The molecule has 0 saturated carbocycles. The number of carbonyl (C=O) groups is 1. The molecule has 6 nitrogen and oxygen atoms in total. The number of ether oxygens (including phenoxy) is 1. The van der Waals surface area contributed by atoms with Gasteiger partial charge < -0.3 is 4.74 Å². The minimum Gasteiger partial charge on any atom is -0.447 e. The number of nitrogens with zero attached hydrogens (tertiary/aromatic N) is 2. The van der Waals surface area contributed by atoms with Crippen molar-refractivity contribution in [3.8, 4) is 0 Å². The van der Waals surface area contributed by atoms with E-state index in [4.69, 9.17) is 16.3 Å². The van der Waals surface area contributed by atoms with Gasteiger partial charge in [-0.15, -0.1) is 0 Å². The molecule has 1 heterocycles. The molecule has 162 valence electrons. The first kappa shape index (κ1) is 22.9. The van der Waals surface area contributed by atoms with Gasteiger partial charge in [-0.2, -0.15) is 4.31 Å². The number of hydrogen-bond acceptors (Lipinski definition) is 5. The Morgan fingerprint density at radius 3 is 2.32 bits per heavy atom. The minimum absolute atomic E-state index is 0.0124. The molecule has 2 aromatic carbocycles. The summed E-state index contributed by atoms with van der Waals surface area (Å²) in [6.07, 6.45) is 0.845. The van der Waals surface area contributed by atoms with E-state index in [0.29, 0.717) is 18.8 Å². The van der Waals surface area contributed by atoms with Crippen LogP contribution in [0.25, 0.3) is 0 Å². The topological polar surface area (TPSA) is 76.6 Å². The lowest BCUT2D eigenvalue weighted by molar-refractivity contribution is 0.0370. The summed E-state index contributed by atoms with van der Waals surface area (Å²) in [7, 11) is -3.75. The Bertz CT molecular complexity index is 1100. The van der Waals surface area contributed by atoms with Crippen molar-refractivity contribution in [2.24, 2.45) is 0 Å². The van der Waals surface area contributed by atoms with Crippen molar-refractivity contribution in [2.45, 2.75) is 24.8 Å².